The summed E-state index contributed by atoms with van der Waals surface area (Å²) in [4.78, 5) is 22.5. The van der Waals surface area contributed by atoms with E-state index in [-0.39, 0.29) is 22.8 Å². The molecule has 0 aromatic heterocycles. The Hall–Kier alpha value is -2.13. The van der Waals surface area contributed by atoms with Crippen molar-refractivity contribution in [1.29, 1.82) is 0 Å². The molecule has 1 aromatic carbocycles. The largest absolute Gasteiger partial charge is 0.495 e. The summed E-state index contributed by atoms with van der Waals surface area (Å²) in [7, 11) is -2.56. The number of rotatable bonds is 5. The molecule has 1 fully saturated rings. The van der Waals surface area contributed by atoms with Gasteiger partial charge in [-0.1, -0.05) is 0 Å². The van der Waals surface area contributed by atoms with Crippen LogP contribution in [0.4, 0.5) is 5.69 Å². The molecular formula is C12H14N2O6S. The molecule has 21 heavy (non-hydrogen) atoms. The number of nitrogens with two attached hydrogens (primary N) is 1. The van der Waals surface area contributed by atoms with Crippen LogP contribution in [0.3, 0.4) is 0 Å². The maximum absolute atomic E-state index is 11.9. The van der Waals surface area contributed by atoms with Crippen molar-refractivity contribution in [3.63, 3.8) is 0 Å². The molecule has 0 aliphatic heterocycles. The van der Waals surface area contributed by atoms with E-state index in [9.17, 15) is 18.0 Å². The minimum atomic E-state index is -3.92. The zero-order valence-corrected chi connectivity index (χ0v) is 11.9. The van der Waals surface area contributed by atoms with E-state index < -0.39 is 33.7 Å². The number of anilines is 1. The molecular weight excluding hydrogens is 300 g/mol. The van der Waals surface area contributed by atoms with E-state index >= 15 is 0 Å². The van der Waals surface area contributed by atoms with Crippen LogP contribution in [0.1, 0.15) is 6.42 Å². The summed E-state index contributed by atoms with van der Waals surface area (Å²) in [5.41, 5.74) is 0.130. The molecule has 0 bridgehead atoms. The number of primary sulfonamides is 1. The van der Waals surface area contributed by atoms with Gasteiger partial charge in [-0.25, -0.2) is 13.6 Å². The number of carboxylic acids is 1. The average Bonchev–Trinajstić information content (AvgIpc) is 3.17. The van der Waals surface area contributed by atoms with Crippen LogP contribution in [-0.2, 0) is 19.6 Å². The third kappa shape index (κ3) is 3.31. The SMILES string of the molecule is COc1ccc(S(N)(=O)=O)cc1NC(=O)[C@@H]1C[C@@H]1C(=O)O. The van der Waals surface area contributed by atoms with Gasteiger partial charge in [-0.05, 0) is 24.6 Å². The molecule has 9 heteroatoms. The number of amides is 1. The molecule has 114 valence electrons. The zero-order chi connectivity index (χ0) is 15.8. The van der Waals surface area contributed by atoms with E-state index in [1.165, 1.54) is 25.3 Å². The van der Waals surface area contributed by atoms with Gasteiger partial charge in [0.25, 0.3) is 0 Å². The number of hydrogen-bond acceptors (Lipinski definition) is 5. The van der Waals surface area contributed by atoms with Gasteiger partial charge in [-0.3, -0.25) is 9.59 Å². The van der Waals surface area contributed by atoms with Crippen molar-refractivity contribution < 1.29 is 27.9 Å². The van der Waals surface area contributed by atoms with Crippen LogP contribution in [0.25, 0.3) is 0 Å². The van der Waals surface area contributed by atoms with Crippen molar-refractivity contribution in [2.45, 2.75) is 11.3 Å². The van der Waals surface area contributed by atoms with Crippen LogP contribution in [0.15, 0.2) is 23.1 Å². The lowest BCUT2D eigenvalue weighted by atomic mass is 10.2. The summed E-state index contributed by atoms with van der Waals surface area (Å²) in [6.07, 6.45) is 0.262. The quantitative estimate of drug-likeness (QED) is 0.700. The minimum Gasteiger partial charge on any atom is -0.495 e. The highest BCUT2D eigenvalue weighted by Crippen LogP contribution is 2.40. The molecule has 1 amide bonds. The fourth-order valence-corrected chi connectivity index (χ4v) is 2.48. The van der Waals surface area contributed by atoms with Crippen LogP contribution in [0, 0.1) is 11.8 Å². The van der Waals surface area contributed by atoms with Crippen LogP contribution < -0.4 is 15.2 Å². The Balaban J connectivity index is 2.22. The second-order valence-corrected chi connectivity index (χ2v) is 6.24. The van der Waals surface area contributed by atoms with Crippen molar-refractivity contribution in [2.24, 2.45) is 17.0 Å². The van der Waals surface area contributed by atoms with E-state index in [4.69, 9.17) is 15.0 Å². The Bertz CT molecular complexity index is 700. The molecule has 1 aliphatic carbocycles. The first-order valence-corrected chi connectivity index (χ1v) is 7.53. The number of benzene rings is 1. The first-order valence-electron chi connectivity index (χ1n) is 5.98. The smallest absolute Gasteiger partial charge is 0.307 e. The summed E-state index contributed by atoms with van der Waals surface area (Å²) in [6.45, 7) is 0. The molecule has 0 heterocycles. The maximum Gasteiger partial charge on any atom is 0.307 e. The molecule has 2 rings (SSSR count). The topological polar surface area (TPSA) is 136 Å². The van der Waals surface area contributed by atoms with Crippen LogP contribution in [-0.4, -0.2) is 32.5 Å². The standard InChI is InChI=1S/C12H14N2O6S/c1-20-10-3-2-6(21(13,18)19)4-9(10)14-11(15)7-5-8(7)12(16)17/h2-4,7-8H,5H2,1H3,(H,14,15)(H,16,17)(H2,13,18,19)/t7-,8+/m1/s1. The second-order valence-electron chi connectivity index (χ2n) is 4.68. The van der Waals surface area contributed by atoms with Gasteiger partial charge in [0, 0.05) is 0 Å². The highest BCUT2D eigenvalue weighted by atomic mass is 32.2. The molecule has 1 aromatic rings. The number of carbonyl (C=O) groups is 2. The number of aliphatic carboxylic acids is 1. The monoisotopic (exact) mass is 314 g/mol. The van der Waals surface area contributed by atoms with Gasteiger partial charge in [0.2, 0.25) is 15.9 Å². The van der Waals surface area contributed by atoms with E-state index in [0.29, 0.717) is 0 Å². The minimum absolute atomic E-state index is 0.130. The summed E-state index contributed by atoms with van der Waals surface area (Å²) in [5.74, 6) is -2.58. The maximum atomic E-state index is 11.9. The van der Waals surface area contributed by atoms with Gasteiger partial charge in [-0.15, -0.1) is 0 Å². The normalized spacial score (nSPS) is 20.7. The van der Waals surface area contributed by atoms with Gasteiger partial charge in [0.05, 0.1) is 29.5 Å². The van der Waals surface area contributed by atoms with Gasteiger partial charge >= 0.3 is 5.97 Å². The molecule has 1 aliphatic rings. The lowest BCUT2D eigenvalue weighted by molar-refractivity contribution is -0.139. The van der Waals surface area contributed by atoms with Crippen molar-refractivity contribution in [3.8, 4) is 5.75 Å². The molecule has 1 saturated carbocycles. The average molecular weight is 314 g/mol. The van der Waals surface area contributed by atoms with Gasteiger partial charge in [0.1, 0.15) is 5.75 Å². The van der Waals surface area contributed by atoms with Crippen molar-refractivity contribution in [3.05, 3.63) is 18.2 Å². The second kappa shape index (κ2) is 5.34. The number of ether oxygens (including phenoxy) is 1. The lowest BCUT2D eigenvalue weighted by Crippen LogP contribution is -2.18. The number of methoxy groups -OCH3 is 1. The Morgan fingerprint density at radius 1 is 1.38 bits per heavy atom. The molecule has 0 radical (unpaired) electrons. The van der Waals surface area contributed by atoms with Gasteiger partial charge in [0.15, 0.2) is 0 Å². The van der Waals surface area contributed by atoms with E-state index in [2.05, 4.69) is 5.32 Å². The first kappa shape index (κ1) is 15.3. The molecule has 2 atom stereocenters. The number of carbonyl (C=O) groups excluding carboxylic acids is 1. The zero-order valence-electron chi connectivity index (χ0n) is 11.1. The highest BCUT2D eigenvalue weighted by Gasteiger charge is 2.48. The van der Waals surface area contributed by atoms with Crippen molar-refractivity contribution in [2.75, 3.05) is 12.4 Å². The Morgan fingerprint density at radius 2 is 2.05 bits per heavy atom. The van der Waals surface area contributed by atoms with E-state index in [0.717, 1.165) is 0 Å². The summed E-state index contributed by atoms with van der Waals surface area (Å²) in [6, 6.07) is 3.78. The Labute approximate surface area is 120 Å². The number of sulfonamides is 1. The summed E-state index contributed by atoms with van der Waals surface area (Å²) >= 11 is 0. The third-order valence-corrected chi connectivity index (χ3v) is 4.11. The molecule has 4 N–H and O–H groups in total. The number of carboxylic acid groups (broad SMARTS) is 1. The lowest BCUT2D eigenvalue weighted by Gasteiger charge is -2.11. The van der Waals surface area contributed by atoms with Crippen LogP contribution >= 0.6 is 0 Å². The molecule has 0 saturated heterocycles. The van der Waals surface area contributed by atoms with Crippen molar-refractivity contribution in [1.82, 2.24) is 0 Å². The highest BCUT2D eigenvalue weighted by molar-refractivity contribution is 7.89. The summed E-state index contributed by atoms with van der Waals surface area (Å²) < 4.78 is 27.6. The number of nitrogens with one attached hydrogen (secondary N) is 1. The van der Waals surface area contributed by atoms with E-state index in [1.54, 1.807) is 0 Å². The van der Waals surface area contributed by atoms with Gasteiger partial charge < -0.3 is 15.2 Å². The first-order chi connectivity index (χ1) is 9.74. The van der Waals surface area contributed by atoms with Crippen LogP contribution in [0.2, 0.25) is 0 Å². The van der Waals surface area contributed by atoms with Crippen LogP contribution in [0.5, 0.6) is 5.75 Å². The predicted molar refractivity (Wildman–Crippen MR) is 72.2 cm³/mol. The molecule has 0 spiro atoms. The molecule has 8 nitrogen and oxygen atoms in total. The van der Waals surface area contributed by atoms with Gasteiger partial charge in [-0.2, -0.15) is 0 Å². The Morgan fingerprint density at radius 3 is 2.52 bits per heavy atom. The van der Waals surface area contributed by atoms with Crippen molar-refractivity contribution >= 4 is 27.6 Å². The number of hydrogen-bond donors (Lipinski definition) is 3. The fourth-order valence-electron chi connectivity index (χ4n) is 1.94. The van der Waals surface area contributed by atoms with E-state index in [1.807, 2.05) is 0 Å². The fraction of sp³-hybridized carbons (Fsp3) is 0.333. The predicted octanol–water partition coefficient (Wildman–Crippen LogP) is 0.00180. The summed E-state index contributed by atoms with van der Waals surface area (Å²) in [5, 5.41) is 16.3. The molecule has 0 unspecified atom stereocenters. The third-order valence-electron chi connectivity index (χ3n) is 3.20. The Kier molecular flexibility index (Phi) is 3.88.